The van der Waals surface area contributed by atoms with E-state index in [0.717, 1.165) is 34.6 Å². The fourth-order valence-electron chi connectivity index (χ4n) is 3.89. The molecule has 5 rings (SSSR count). The fourth-order valence-corrected chi connectivity index (χ4v) is 3.89. The molecule has 1 N–H and O–H groups in total. The molecule has 0 bridgehead atoms. The normalized spacial score (nSPS) is 11.3. The second-order valence-electron chi connectivity index (χ2n) is 8.00. The van der Waals surface area contributed by atoms with Crippen molar-refractivity contribution in [2.75, 3.05) is 5.32 Å². The Morgan fingerprint density at radius 1 is 0.750 bits per heavy atom. The molecule has 1 heterocycles. The minimum atomic E-state index is -4.63. The van der Waals surface area contributed by atoms with Crippen molar-refractivity contribution in [1.29, 1.82) is 0 Å². The van der Waals surface area contributed by atoms with Crippen LogP contribution in [0.15, 0.2) is 109 Å². The van der Waals surface area contributed by atoms with Gasteiger partial charge in [0.15, 0.2) is 0 Å². The molecule has 178 valence electrons. The maximum absolute atomic E-state index is 13.4. The first-order chi connectivity index (χ1) is 17.4. The van der Waals surface area contributed by atoms with Gasteiger partial charge in [-0.05, 0) is 35.9 Å². The molecule has 0 aliphatic heterocycles. The van der Waals surface area contributed by atoms with E-state index in [-0.39, 0.29) is 0 Å². The Hall–Kier alpha value is -4.72. The molecular formula is C28H19F3N4O. The predicted octanol–water partition coefficient (Wildman–Crippen LogP) is 6.87. The van der Waals surface area contributed by atoms with Gasteiger partial charge in [-0.25, -0.2) is 4.68 Å². The average Bonchev–Trinajstić information content (AvgIpc) is 3.40. The van der Waals surface area contributed by atoms with Gasteiger partial charge in [0.05, 0.1) is 23.0 Å². The molecule has 0 saturated heterocycles. The Labute approximate surface area is 204 Å². The van der Waals surface area contributed by atoms with Crippen LogP contribution in [0.3, 0.4) is 0 Å². The number of para-hydroxylation sites is 1. The SMILES string of the molecule is O=C(Nc1ccccc1-c1ccc(-n2cc(-c3ccccc3)nn2)cc1)c1ccccc1C(F)(F)F. The van der Waals surface area contributed by atoms with Gasteiger partial charge in [0.25, 0.3) is 5.91 Å². The number of hydrogen-bond donors (Lipinski definition) is 1. The molecule has 0 aliphatic carbocycles. The second-order valence-corrected chi connectivity index (χ2v) is 8.00. The van der Waals surface area contributed by atoms with Gasteiger partial charge in [-0.3, -0.25) is 4.79 Å². The lowest BCUT2D eigenvalue weighted by molar-refractivity contribution is -0.137. The Morgan fingerprint density at radius 2 is 1.42 bits per heavy atom. The highest BCUT2D eigenvalue weighted by Crippen LogP contribution is 2.33. The maximum atomic E-state index is 13.4. The van der Waals surface area contributed by atoms with Crippen LogP contribution in [-0.2, 0) is 6.18 Å². The molecule has 0 unspecified atom stereocenters. The van der Waals surface area contributed by atoms with Gasteiger partial charge in [-0.2, -0.15) is 13.2 Å². The van der Waals surface area contributed by atoms with Crippen LogP contribution in [-0.4, -0.2) is 20.9 Å². The summed E-state index contributed by atoms with van der Waals surface area (Å²) in [7, 11) is 0. The number of aromatic nitrogens is 3. The number of anilines is 1. The number of carbonyl (C=O) groups is 1. The monoisotopic (exact) mass is 484 g/mol. The molecule has 0 spiro atoms. The first-order valence-electron chi connectivity index (χ1n) is 11.1. The molecule has 4 aromatic carbocycles. The van der Waals surface area contributed by atoms with Crippen molar-refractivity contribution in [3.05, 3.63) is 120 Å². The van der Waals surface area contributed by atoms with Gasteiger partial charge < -0.3 is 5.32 Å². The van der Waals surface area contributed by atoms with E-state index in [1.807, 2.05) is 60.8 Å². The van der Waals surface area contributed by atoms with Crippen molar-refractivity contribution >= 4 is 11.6 Å². The van der Waals surface area contributed by atoms with E-state index in [4.69, 9.17) is 0 Å². The zero-order valence-corrected chi connectivity index (χ0v) is 18.8. The summed E-state index contributed by atoms with van der Waals surface area (Å²) >= 11 is 0. The third kappa shape index (κ3) is 4.74. The third-order valence-corrected chi connectivity index (χ3v) is 5.66. The number of benzene rings is 4. The van der Waals surface area contributed by atoms with E-state index in [0.29, 0.717) is 11.3 Å². The Morgan fingerprint density at radius 3 is 2.17 bits per heavy atom. The molecule has 8 heteroatoms. The summed E-state index contributed by atoms with van der Waals surface area (Å²) in [5.74, 6) is -0.831. The number of carbonyl (C=O) groups excluding carboxylic acids is 1. The standard InChI is InChI=1S/C28H19F3N4O/c29-28(30,31)24-12-6-4-11-23(24)27(36)32-25-13-7-5-10-22(25)19-14-16-21(17-15-19)35-18-26(33-34-35)20-8-2-1-3-9-20/h1-18H,(H,32,36). The summed E-state index contributed by atoms with van der Waals surface area (Å²) in [5, 5.41) is 11.1. The van der Waals surface area contributed by atoms with Crippen molar-refractivity contribution in [1.82, 2.24) is 15.0 Å². The van der Waals surface area contributed by atoms with Crippen LogP contribution >= 0.6 is 0 Å². The molecule has 0 aliphatic rings. The Bertz CT molecular complexity index is 1510. The van der Waals surface area contributed by atoms with Crippen LogP contribution in [0.2, 0.25) is 0 Å². The van der Waals surface area contributed by atoms with Crippen LogP contribution in [0.25, 0.3) is 28.1 Å². The first kappa shape index (κ1) is 23.0. The highest BCUT2D eigenvalue weighted by Gasteiger charge is 2.34. The molecule has 36 heavy (non-hydrogen) atoms. The zero-order valence-electron chi connectivity index (χ0n) is 18.8. The van der Waals surface area contributed by atoms with E-state index in [9.17, 15) is 18.0 Å². The van der Waals surface area contributed by atoms with Gasteiger partial charge in [0, 0.05) is 16.8 Å². The van der Waals surface area contributed by atoms with Gasteiger partial charge in [-0.15, -0.1) is 5.10 Å². The molecule has 0 fully saturated rings. The highest BCUT2D eigenvalue weighted by atomic mass is 19.4. The van der Waals surface area contributed by atoms with E-state index in [1.165, 1.54) is 12.1 Å². The second kappa shape index (κ2) is 9.50. The lowest BCUT2D eigenvalue weighted by Gasteiger charge is -2.15. The van der Waals surface area contributed by atoms with Gasteiger partial charge >= 0.3 is 6.18 Å². The summed E-state index contributed by atoms with van der Waals surface area (Å²) in [6, 6.07) is 28.8. The molecule has 0 saturated carbocycles. The number of nitrogens with zero attached hydrogens (tertiary/aromatic N) is 3. The van der Waals surface area contributed by atoms with Gasteiger partial charge in [0.1, 0.15) is 5.69 Å². The topological polar surface area (TPSA) is 59.8 Å². The summed E-state index contributed by atoms with van der Waals surface area (Å²) in [6.07, 6.45) is -2.80. The van der Waals surface area contributed by atoms with Crippen molar-refractivity contribution in [2.24, 2.45) is 0 Å². The first-order valence-corrected chi connectivity index (χ1v) is 11.1. The van der Waals surface area contributed by atoms with Gasteiger partial charge in [0.2, 0.25) is 0 Å². The lowest BCUT2D eigenvalue weighted by atomic mass is 10.0. The summed E-state index contributed by atoms with van der Waals surface area (Å²) in [5.41, 5.74) is 2.92. The molecule has 1 aromatic heterocycles. The van der Waals surface area contributed by atoms with E-state index in [1.54, 1.807) is 28.9 Å². The van der Waals surface area contributed by atoms with Crippen LogP contribution in [0.4, 0.5) is 18.9 Å². The fraction of sp³-hybridized carbons (Fsp3) is 0.0357. The van der Waals surface area contributed by atoms with Crippen molar-refractivity contribution < 1.29 is 18.0 Å². The zero-order chi connectivity index (χ0) is 25.1. The molecule has 5 aromatic rings. The number of alkyl halides is 3. The average molecular weight is 484 g/mol. The predicted molar refractivity (Wildman–Crippen MR) is 132 cm³/mol. The Balaban J connectivity index is 1.40. The molecular weight excluding hydrogens is 465 g/mol. The Kier molecular flexibility index (Phi) is 6.08. The summed E-state index contributed by atoms with van der Waals surface area (Å²) in [4.78, 5) is 12.8. The molecule has 5 nitrogen and oxygen atoms in total. The molecule has 0 radical (unpaired) electrons. The van der Waals surface area contributed by atoms with Crippen LogP contribution < -0.4 is 5.32 Å². The number of nitrogens with one attached hydrogen (secondary N) is 1. The van der Waals surface area contributed by atoms with Crippen LogP contribution in [0.1, 0.15) is 15.9 Å². The largest absolute Gasteiger partial charge is 0.417 e. The number of amides is 1. The van der Waals surface area contributed by atoms with E-state index >= 15 is 0 Å². The minimum Gasteiger partial charge on any atom is -0.321 e. The van der Waals surface area contributed by atoms with E-state index < -0.39 is 23.2 Å². The van der Waals surface area contributed by atoms with Gasteiger partial charge in [-0.1, -0.05) is 78.0 Å². The highest BCUT2D eigenvalue weighted by molar-refractivity contribution is 6.07. The molecule has 1 amide bonds. The summed E-state index contributed by atoms with van der Waals surface area (Å²) < 4.78 is 41.8. The molecule has 0 atom stereocenters. The van der Waals surface area contributed by atoms with E-state index in [2.05, 4.69) is 15.6 Å². The smallest absolute Gasteiger partial charge is 0.321 e. The van der Waals surface area contributed by atoms with Crippen LogP contribution in [0.5, 0.6) is 0 Å². The quantitative estimate of drug-likeness (QED) is 0.296. The lowest BCUT2D eigenvalue weighted by Crippen LogP contribution is -2.18. The number of hydrogen-bond acceptors (Lipinski definition) is 3. The van der Waals surface area contributed by atoms with Crippen LogP contribution in [0, 0.1) is 0 Å². The maximum Gasteiger partial charge on any atom is 0.417 e. The minimum absolute atomic E-state index is 0.402. The number of halogens is 3. The van der Waals surface area contributed by atoms with Crippen molar-refractivity contribution in [3.8, 4) is 28.1 Å². The van der Waals surface area contributed by atoms with Crippen molar-refractivity contribution in [3.63, 3.8) is 0 Å². The summed E-state index contributed by atoms with van der Waals surface area (Å²) in [6.45, 7) is 0. The number of rotatable bonds is 5. The third-order valence-electron chi connectivity index (χ3n) is 5.66. The van der Waals surface area contributed by atoms with Crippen molar-refractivity contribution in [2.45, 2.75) is 6.18 Å².